The second-order valence-electron chi connectivity index (χ2n) is 6.62. The number of rotatable bonds is 6. The molecule has 2 heterocycles. The number of nitro benzene ring substituents is 1. The molecule has 0 radical (unpaired) electrons. The lowest BCUT2D eigenvalue weighted by Gasteiger charge is -2.05. The fraction of sp³-hybridized carbons (Fsp3) is 0.100. The molecule has 11 heteroatoms. The molecule has 0 saturated heterocycles. The standard InChI is InChI=1S/C20H16N6O3S2/c1-12-3-5-13(6-4-12)15-10-30-19(22-15)23-18(27)14-7-8-17(16(9-14)26(28)29)31-20-24-21-11-25(20)2/h3-11H,1-2H3,(H,22,23,27). The van der Waals surface area contributed by atoms with E-state index < -0.39 is 10.8 Å². The Hall–Kier alpha value is -3.57. The van der Waals surface area contributed by atoms with Crippen molar-refractivity contribution >= 4 is 39.8 Å². The highest BCUT2D eigenvalue weighted by Gasteiger charge is 2.20. The Morgan fingerprint density at radius 2 is 2.00 bits per heavy atom. The summed E-state index contributed by atoms with van der Waals surface area (Å²) < 4.78 is 1.66. The fourth-order valence-electron chi connectivity index (χ4n) is 2.71. The number of carbonyl (C=O) groups excluding carboxylic acids is 1. The van der Waals surface area contributed by atoms with E-state index >= 15 is 0 Å². The van der Waals surface area contributed by atoms with Crippen molar-refractivity contribution < 1.29 is 9.72 Å². The number of aryl methyl sites for hydroxylation is 2. The number of hydrogen-bond acceptors (Lipinski definition) is 8. The number of nitrogens with one attached hydrogen (secondary N) is 1. The van der Waals surface area contributed by atoms with Gasteiger partial charge in [-0.2, -0.15) is 0 Å². The molecule has 2 aromatic carbocycles. The predicted molar refractivity (Wildman–Crippen MR) is 118 cm³/mol. The molecule has 2 aromatic heterocycles. The number of carbonyl (C=O) groups is 1. The molecule has 1 amide bonds. The van der Waals surface area contributed by atoms with Gasteiger partial charge in [0.2, 0.25) is 0 Å². The van der Waals surface area contributed by atoms with Crippen LogP contribution in [0.25, 0.3) is 11.3 Å². The summed E-state index contributed by atoms with van der Waals surface area (Å²) in [5.41, 5.74) is 2.83. The molecule has 31 heavy (non-hydrogen) atoms. The summed E-state index contributed by atoms with van der Waals surface area (Å²) in [6.07, 6.45) is 1.51. The van der Waals surface area contributed by atoms with Crippen LogP contribution in [0.3, 0.4) is 0 Å². The van der Waals surface area contributed by atoms with E-state index in [0.717, 1.165) is 28.6 Å². The first-order valence-corrected chi connectivity index (χ1v) is 10.7. The van der Waals surface area contributed by atoms with Gasteiger partial charge in [0.25, 0.3) is 11.6 Å². The molecule has 0 atom stereocenters. The van der Waals surface area contributed by atoms with Crippen molar-refractivity contribution in [3.63, 3.8) is 0 Å². The van der Waals surface area contributed by atoms with Gasteiger partial charge in [-0.15, -0.1) is 21.5 Å². The minimum Gasteiger partial charge on any atom is -0.311 e. The van der Waals surface area contributed by atoms with Crippen LogP contribution in [-0.4, -0.2) is 30.6 Å². The lowest BCUT2D eigenvalue weighted by Crippen LogP contribution is -2.12. The highest BCUT2D eigenvalue weighted by Crippen LogP contribution is 2.34. The highest BCUT2D eigenvalue weighted by molar-refractivity contribution is 7.99. The second kappa shape index (κ2) is 8.66. The lowest BCUT2D eigenvalue weighted by atomic mass is 10.1. The maximum Gasteiger partial charge on any atom is 0.284 e. The molecule has 0 unspecified atom stereocenters. The molecule has 0 aliphatic heterocycles. The fourth-order valence-corrected chi connectivity index (χ4v) is 4.27. The highest BCUT2D eigenvalue weighted by atomic mass is 32.2. The molecule has 1 N–H and O–H groups in total. The van der Waals surface area contributed by atoms with E-state index in [-0.39, 0.29) is 11.3 Å². The van der Waals surface area contributed by atoms with E-state index in [0.29, 0.717) is 15.2 Å². The van der Waals surface area contributed by atoms with Crippen LogP contribution in [-0.2, 0) is 7.05 Å². The van der Waals surface area contributed by atoms with E-state index in [2.05, 4.69) is 20.5 Å². The molecule has 4 aromatic rings. The minimum absolute atomic E-state index is 0.168. The molecule has 4 rings (SSSR count). The first kappa shape index (κ1) is 20.7. The van der Waals surface area contributed by atoms with Gasteiger partial charge in [-0.05, 0) is 30.8 Å². The van der Waals surface area contributed by atoms with Crippen molar-refractivity contribution in [3.8, 4) is 11.3 Å². The van der Waals surface area contributed by atoms with Gasteiger partial charge in [0.1, 0.15) is 6.33 Å². The van der Waals surface area contributed by atoms with Crippen molar-refractivity contribution in [1.82, 2.24) is 19.7 Å². The summed E-state index contributed by atoms with van der Waals surface area (Å²) in [6, 6.07) is 12.2. The van der Waals surface area contributed by atoms with Gasteiger partial charge >= 0.3 is 0 Å². The maximum absolute atomic E-state index is 12.7. The number of aromatic nitrogens is 4. The number of nitrogens with zero attached hydrogens (tertiary/aromatic N) is 5. The Bertz CT molecular complexity index is 1270. The van der Waals surface area contributed by atoms with E-state index in [1.54, 1.807) is 11.6 Å². The van der Waals surface area contributed by atoms with Crippen LogP contribution in [0, 0.1) is 17.0 Å². The summed E-state index contributed by atoms with van der Waals surface area (Å²) >= 11 is 2.40. The largest absolute Gasteiger partial charge is 0.311 e. The van der Waals surface area contributed by atoms with Gasteiger partial charge in [-0.3, -0.25) is 20.2 Å². The first-order chi connectivity index (χ1) is 14.9. The SMILES string of the molecule is Cc1ccc(-c2csc(NC(=O)c3ccc(Sc4nncn4C)c([N+](=O)[O-])c3)n2)cc1. The van der Waals surface area contributed by atoms with Gasteiger partial charge in [0, 0.05) is 29.6 Å². The Kier molecular flexibility index (Phi) is 5.78. The number of nitro groups is 1. The average molecular weight is 453 g/mol. The molecule has 0 aliphatic carbocycles. The third kappa shape index (κ3) is 4.62. The van der Waals surface area contributed by atoms with Crippen LogP contribution in [0.2, 0.25) is 0 Å². The smallest absolute Gasteiger partial charge is 0.284 e. The molecule has 0 bridgehead atoms. The summed E-state index contributed by atoms with van der Waals surface area (Å²) in [5.74, 6) is -0.469. The van der Waals surface area contributed by atoms with Gasteiger partial charge in [-0.25, -0.2) is 4.98 Å². The molecule has 0 saturated carbocycles. The van der Waals surface area contributed by atoms with Crippen LogP contribution < -0.4 is 5.32 Å². The van der Waals surface area contributed by atoms with Gasteiger partial charge < -0.3 is 4.57 Å². The van der Waals surface area contributed by atoms with Gasteiger partial charge in [0.15, 0.2) is 10.3 Å². The van der Waals surface area contributed by atoms with Crippen LogP contribution in [0.1, 0.15) is 15.9 Å². The quantitative estimate of drug-likeness (QED) is 0.337. The van der Waals surface area contributed by atoms with E-state index in [4.69, 9.17) is 0 Å². The maximum atomic E-state index is 12.7. The Morgan fingerprint density at radius 1 is 1.23 bits per heavy atom. The van der Waals surface area contributed by atoms with E-state index in [1.807, 2.05) is 36.6 Å². The molecular formula is C20H16N6O3S2. The lowest BCUT2D eigenvalue weighted by molar-refractivity contribution is -0.387. The summed E-state index contributed by atoms with van der Waals surface area (Å²) in [4.78, 5) is 28.5. The number of anilines is 1. The Labute approximate surface area is 185 Å². The average Bonchev–Trinajstić information content (AvgIpc) is 3.38. The third-order valence-electron chi connectivity index (χ3n) is 4.36. The number of thiazole rings is 1. The van der Waals surface area contributed by atoms with Crippen LogP contribution in [0.5, 0.6) is 0 Å². The topological polar surface area (TPSA) is 116 Å². The molecule has 0 aliphatic rings. The summed E-state index contributed by atoms with van der Waals surface area (Å²) in [6.45, 7) is 2.01. The van der Waals surface area contributed by atoms with E-state index in [9.17, 15) is 14.9 Å². The molecule has 156 valence electrons. The molecule has 0 spiro atoms. The van der Waals surface area contributed by atoms with Crippen molar-refractivity contribution in [2.75, 3.05) is 5.32 Å². The van der Waals surface area contributed by atoms with E-state index in [1.165, 1.54) is 35.9 Å². The van der Waals surface area contributed by atoms with Crippen LogP contribution in [0.4, 0.5) is 10.8 Å². The third-order valence-corrected chi connectivity index (χ3v) is 6.24. The minimum atomic E-state index is -0.519. The zero-order chi connectivity index (χ0) is 22.0. The normalized spacial score (nSPS) is 10.8. The number of hydrogen-bond donors (Lipinski definition) is 1. The van der Waals surface area contributed by atoms with Crippen molar-refractivity contribution in [1.29, 1.82) is 0 Å². The number of benzene rings is 2. The number of amides is 1. The van der Waals surface area contributed by atoms with Crippen LogP contribution >= 0.6 is 23.1 Å². The first-order valence-electron chi connectivity index (χ1n) is 9.05. The predicted octanol–water partition coefficient (Wildman–Crippen LogP) is 4.56. The summed E-state index contributed by atoms with van der Waals surface area (Å²) in [7, 11) is 1.74. The second-order valence-corrected chi connectivity index (χ2v) is 8.49. The molecule has 0 fully saturated rings. The molecular weight excluding hydrogens is 436 g/mol. The zero-order valence-electron chi connectivity index (χ0n) is 16.5. The van der Waals surface area contributed by atoms with Crippen molar-refractivity contribution in [2.24, 2.45) is 7.05 Å². The molecule has 9 nitrogen and oxygen atoms in total. The van der Waals surface area contributed by atoms with Crippen molar-refractivity contribution in [3.05, 3.63) is 75.4 Å². The van der Waals surface area contributed by atoms with Crippen LogP contribution in [0.15, 0.2) is 64.2 Å². The monoisotopic (exact) mass is 452 g/mol. The van der Waals surface area contributed by atoms with Crippen molar-refractivity contribution in [2.45, 2.75) is 17.0 Å². The summed E-state index contributed by atoms with van der Waals surface area (Å²) in [5, 5.41) is 24.7. The Balaban J connectivity index is 1.53. The van der Waals surface area contributed by atoms with Gasteiger partial charge in [0.05, 0.1) is 15.5 Å². The zero-order valence-corrected chi connectivity index (χ0v) is 18.1. The Morgan fingerprint density at radius 3 is 2.68 bits per heavy atom. The van der Waals surface area contributed by atoms with Gasteiger partial charge in [-0.1, -0.05) is 29.8 Å².